The molecule has 6 heteroatoms. The third kappa shape index (κ3) is 52.2. The molecule has 6 nitrogen and oxygen atoms in total. The van der Waals surface area contributed by atoms with Crippen LogP contribution in [0.3, 0.4) is 0 Å². The Balaban J connectivity index is 3.73. The Morgan fingerprint density at radius 1 is 0.323 bits per heavy atom. The number of esters is 3. The van der Waals surface area contributed by atoms with Crippen LogP contribution < -0.4 is 0 Å². The zero-order chi connectivity index (χ0) is 47.2. The monoisotopic (exact) mass is 911 g/mol. The molecule has 1 unspecified atom stereocenters. The molecule has 1 atom stereocenters. The molecule has 0 aromatic carbocycles. The van der Waals surface area contributed by atoms with Crippen molar-refractivity contribution in [3.05, 3.63) is 48.6 Å². The first-order valence-electron chi connectivity index (χ1n) is 28.1. The van der Waals surface area contributed by atoms with Crippen LogP contribution in [0.2, 0.25) is 0 Å². The summed E-state index contributed by atoms with van der Waals surface area (Å²) in [5.74, 6) is -0.880. The van der Waals surface area contributed by atoms with Gasteiger partial charge in [-0.3, -0.25) is 14.4 Å². The summed E-state index contributed by atoms with van der Waals surface area (Å²) in [4.78, 5) is 37.4. The summed E-state index contributed by atoms with van der Waals surface area (Å²) in [5, 5.41) is 0. The predicted molar refractivity (Wildman–Crippen MR) is 279 cm³/mol. The van der Waals surface area contributed by atoms with Crippen molar-refractivity contribution in [2.24, 2.45) is 0 Å². The molecular weight excluding hydrogens is 805 g/mol. The van der Waals surface area contributed by atoms with Gasteiger partial charge in [0.25, 0.3) is 0 Å². The number of unbranched alkanes of at least 4 members (excludes halogenated alkanes) is 32. The van der Waals surface area contributed by atoms with E-state index < -0.39 is 6.10 Å². The number of carbonyl (C=O) groups excluding carboxylic acids is 3. The molecule has 0 aliphatic carbocycles. The first kappa shape index (κ1) is 62.4. The van der Waals surface area contributed by atoms with Gasteiger partial charge in [0.05, 0.1) is 0 Å². The maximum atomic E-state index is 12.6. The molecule has 0 fully saturated rings. The molecule has 0 aromatic heterocycles. The van der Waals surface area contributed by atoms with E-state index in [0.29, 0.717) is 19.3 Å². The normalized spacial score (nSPS) is 12.4. The number of rotatable bonds is 51. The summed E-state index contributed by atoms with van der Waals surface area (Å²) in [6, 6.07) is 0. The maximum absolute atomic E-state index is 12.6. The molecular formula is C59H106O6. The van der Waals surface area contributed by atoms with E-state index in [0.717, 1.165) is 89.9 Å². The smallest absolute Gasteiger partial charge is 0.306 e. The quantitative estimate of drug-likeness (QED) is 0.0262. The van der Waals surface area contributed by atoms with Gasteiger partial charge in [-0.2, -0.15) is 0 Å². The van der Waals surface area contributed by atoms with Gasteiger partial charge >= 0.3 is 17.9 Å². The van der Waals surface area contributed by atoms with E-state index in [1.807, 2.05) is 0 Å². The first-order valence-corrected chi connectivity index (χ1v) is 28.1. The van der Waals surface area contributed by atoms with Crippen LogP contribution in [-0.4, -0.2) is 37.2 Å². The van der Waals surface area contributed by atoms with E-state index in [1.54, 1.807) is 0 Å². The zero-order valence-electron chi connectivity index (χ0n) is 43.3. The van der Waals surface area contributed by atoms with Crippen molar-refractivity contribution < 1.29 is 28.6 Å². The largest absolute Gasteiger partial charge is 0.462 e. The molecule has 0 saturated heterocycles. The van der Waals surface area contributed by atoms with Crippen LogP contribution in [0.4, 0.5) is 0 Å². The number of allylic oxidation sites excluding steroid dienone is 8. The second kappa shape index (κ2) is 54.0. The molecule has 378 valence electrons. The molecule has 0 aliphatic heterocycles. The minimum absolute atomic E-state index is 0.0682. The van der Waals surface area contributed by atoms with Gasteiger partial charge in [0, 0.05) is 19.3 Å². The molecule has 0 heterocycles. The first-order chi connectivity index (χ1) is 32.0. The third-order valence-corrected chi connectivity index (χ3v) is 12.3. The van der Waals surface area contributed by atoms with Crippen molar-refractivity contribution in [2.75, 3.05) is 13.2 Å². The fraction of sp³-hybridized carbons (Fsp3) is 0.814. The summed E-state index contributed by atoms with van der Waals surface area (Å²) >= 11 is 0. The SMILES string of the molecule is CC/C=C\C/C=C\C/C=C\C/C=C\CCCCCCCCCCCCCCCCCCCCCCCCC(=O)OCC(COC(=O)CCCCCCC)OC(=O)CCCCCCCCC. The highest BCUT2D eigenvalue weighted by molar-refractivity contribution is 5.71. The lowest BCUT2D eigenvalue weighted by molar-refractivity contribution is -0.167. The second-order valence-corrected chi connectivity index (χ2v) is 18.8. The molecule has 0 rings (SSSR count). The van der Waals surface area contributed by atoms with Gasteiger partial charge in [-0.25, -0.2) is 0 Å². The zero-order valence-corrected chi connectivity index (χ0v) is 43.3. The Labute approximate surface area is 403 Å². The molecule has 0 N–H and O–H groups in total. The molecule has 65 heavy (non-hydrogen) atoms. The average Bonchev–Trinajstić information content (AvgIpc) is 3.30. The van der Waals surface area contributed by atoms with Crippen LogP contribution in [0.1, 0.15) is 290 Å². The van der Waals surface area contributed by atoms with Gasteiger partial charge in [-0.05, 0) is 57.8 Å². The van der Waals surface area contributed by atoms with Gasteiger partial charge in [0.2, 0.25) is 0 Å². The Bertz CT molecular complexity index is 1140. The highest BCUT2D eigenvalue weighted by Gasteiger charge is 2.19. The van der Waals surface area contributed by atoms with Crippen molar-refractivity contribution in [1.82, 2.24) is 0 Å². The van der Waals surface area contributed by atoms with Crippen LogP contribution in [0, 0.1) is 0 Å². The predicted octanol–water partition coefficient (Wildman–Crippen LogP) is 18.7. The Hall–Kier alpha value is -2.63. The van der Waals surface area contributed by atoms with Crippen molar-refractivity contribution in [1.29, 1.82) is 0 Å². The number of ether oxygens (including phenoxy) is 3. The summed E-state index contributed by atoms with van der Waals surface area (Å²) in [7, 11) is 0. The van der Waals surface area contributed by atoms with Crippen molar-refractivity contribution >= 4 is 17.9 Å². The van der Waals surface area contributed by atoms with E-state index in [-0.39, 0.29) is 31.1 Å². The van der Waals surface area contributed by atoms with E-state index in [2.05, 4.69) is 69.4 Å². The topological polar surface area (TPSA) is 78.9 Å². The summed E-state index contributed by atoms with van der Waals surface area (Å²) in [5.41, 5.74) is 0. The van der Waals surface area contributed by atoms with Crippen LogP contribution >= 0.6 is 0 Å². The molecule has 0 bridgehead atoms. The maximum Gasteiger partial charge on any atom is 0.306 e. The highest BCUT2D eigenvalue weighted by atomic mass is 16.6. The fourth-order valence-electron chi connectivity index (χ4n) is 8.14. The fourth-order valence-corrected chi connectivity index (χ4v) is 8.14. The van der Waals surface area contributed by atoms with Gasteiger partial charge < -0.3 is 14.2 Å². The van der Waals surface area contributed by atoms with Crippen molar-refractivity contribution in [3.8, 4) is 0 Å². The lowest BCUT2D eigenvalue weighted by Gasteiger charge is -2.18. The lowest BCUT2D eigenvalue weighted by Crippen LogP contribution is -2.30. The molecule has 0 aliphatic rings. The number of carbonyl (C=O) groups is 3. The number of hydrogen-bond acceptors (Lipinski definition) is 6. The van der Waals surface area contributed by atoms with Crippen molar-refractivity contribution in [2.45, 2.75) is 297 Å². The van der Waals surface area contributed by atoms with Gasteiger partial charge in [-0.15, -0.1) is 0 Å². The van der Waals surface area contributed by atoms with Gasteiger partial charge in [-0.1, -0.05) is 262 Å². The molecule has 0 spiro atoms. The molecule has 0 aromatic rings. The molecule has 0 saturated carbocycles. The Kier molecular flexibility index (Phi) is 51.8. The minimum Gasteiger partial charge on any atom is -0.462 e. The van der Waals surface area contributed by atoms with E-state index >= 15 is 0 Å². The molecule has 0 radical (unpaired) electrons. The summed E-state index contributed by atoms with van der Waals surface area (Å²) in [6.07, 6.45) is 66.3. The summed E-state index contributed by atoms with van der Waals surface area (Å²) in [6.45, 7) is 6.41. The van der Waals surface area contributed by atoms with Crippen LogP contribution in [0.25, 0.3) is 0 Å². The van der Waals surface area contributed by atoms with E-state index in [9.17, 15) is 14.4 Å². The minimum atomic E-state index is -0.760. The summed E-state index contributed by atoms with van der Waals surface area (Å²) < 4.78 is 16.6. The average molecular weight is 911 g/mol. The van der Waals surface area contributed by atoms with E-state index in [1.165, 1.54) is 161 Å². The Morgan fingerprint density at radius 2 is 0.600 bits per heavy atom. The van der Waals surface area contributed by atoms with Crippen LogP contribution in [0.15, 0.2) is 48.6 Å². The van der Waals surface area contributed by atoms with Crippen molar-refractivity contribution in [3.63, 3.8) is 0 Å². The Morgan fingerprint density at radius 3 is 0.938 bits per heavy atom. The second-order valence-electron chi connectivity index (χ2n) is 18.8. The highest BCUT2D eigenvalue weighted by Crippen LogP contribution is 2.17. The van der Waals surface area contributed by atoms with Crippen LogP contribution in [0.5, 0.6) is 0 Å². The van der Waals surface area contributed by atoms with Gasteiger partial charge in [0.1, 0.15) is 13.2 Å². The molecule has 0 amide bonds. The van der Waals surface area contributed by atoms with Gasteiger partial charge in [0.15, 0.2) is 6.10 Å². The van der Waals surface area contributed by atoms with Crippen LogP contribution in [-0.2, 0) is 28.6 Å². The van der Waals surface area contributed by atoms with E-state index in [4.69, 9.17) is 14.2 Å². The standard InChI is InChI=1S/C59H106O6/c1-4-7-10-13-15-16-17-18-19-20-21-22-23-24-25-26-27-28-29-30-31-32-33-34-35-36-37-38-39-40-41-42-44-46-49-52-58(61)64-55-56(54-63-57(60)51-48-45-12-9-6-3)65-59(62)53-50-47-43-14-11-8-5-2/h7,10,15-16,18-19,21-22,56H,4-6,8-9,11-14,17,20,23-55H2,1-3H3/b10-7-,16-15-,19-18-,22-21-. The lowest BCUT2D eigenvalue weighted by atomic mass is 10.0. The number of hydrogen-bond donors (Lipinski definition) is 0. The third-order valence-electron chi connectivity index (χ3n) is 12.3.